The van der Waals surface area contributed by atoms with Crippen molar-refractivity contribution in [1.29, 1.82) is 0 Å². The summed E-state index contributed by atoms with van der Waals surface area (Å²) in [4.78, 5) is 0. The third-order valence-electron chi connectivity index (χ3n) is 4.23. The van der Waals surface area contributed by atoms with Crippen LogP contribution >= 0.6 is 0 Å². The highest BCUT2D eigenvalue weighted by Crippen LogP contribution is 2.65. The van der Waals surface area contributed by atoms with Crippen LogP contribution in [0.1, 0.15) is 19.3 Å². The van der Waals surface area contributed by atoms with Gasteiger partial charge in [-0.25, -0.2) is 0 Å². The molecule has 0 saturated heterocycles. The molecule has 2 N–H and O–H groups in total. The number of fused-ring (bicyclic) bond motifs is 5. The zero-order chi connectivity index (χ0) is 8.13. The minimum Gasteiger partial charge on any atom is -0.395 e. The molecular weight excluding hydrogens is 150 g/mol. The fourth-order valence-corrected chi connectivity index (χ4v) is 3.83. The van der Waals surface area contributed by atoms with Gasteiger partial charge < -0.3 is 10.4 Å². The Labute approximate surface area is 73.4 Å². The van der Waals surface area contributed by atoms with E-state index in [9.17, 15) is 0 Å². The van der Waals surface area contributed by atoms with Gasteiger partial charge in [-0.3, -0.25) is 0 Å². The molecule has 2 bridgehead atoms. The van der Waals surface area contributed by atoms with Gasteiger partial charge in [0, 0.05) is 12.6 Å². The molecule has 0 heterocycles. The molecule has 0 aromatic carbocycles. The van der Waals surface area contributed by atoms with Crippen LogP contribution in [0.4, 0.5) is 0 Å². The summed E-state index contributed by atoms with van der Waals surface area (Å²) in [5, 5.41) is 12.2. The van der Waals surface area contributed by atoms with Crippen molar-refractivity contribution in [2.24, 2.45) is 23.7 Å². The van der Waals surface area contributed by atoms with Crippen molar-refractivity contribution < 1.29 is 5.11 Å². The fraction of sp³-hybridized carbons (Fsp3) is 1.00. The minimum atomic E-state index is 0.297. The lowest BCUT2D eigenvalue weighted by molar-refractivity contribution is 0.286. The third kappa shape index (κ3) is 0.826. The van der Waals surface area contributed by atoms with Gasteiger partial charge in [0.05, 0.1) is 6.61 Å². The Bertz CT molecular complexity index is 178. The highest BCUT2D eigenvalue weighted by Gasteiger charge is 2.64. The van der Waals surface area contributed by atoms with Crippen LogP contribution in [0.25, 0.3) is 0 Å². The molecule has 2 nitrogen and oxygen atoms in total. The summed E-state index contributed by atoms with van der Waals surface area (Å²) in [6.07, 6.45) is 4.50. The van der Waals surface area contributed by atoms with Gasteiger partial charge >= 0.3 is 0 Å². The highest BCUT2D eigenvalue weighted by molar-refractivity contribution is 5.16. The molecule has 3 saturated carbocycles. The lowest BCUT2D eigenvalue weighted by Crippen LogP contribution is -2.25. The van der Waals surface area contributed by atoms with Gasteiger partial charge in [0.2, 0.25) is 0 Å². The van der Waals surface area contributed by atoms with Crippen LogP contribution in [0.5, 0.6) is 0 Å². The largest absolute Gasteiger partial charge is 0.395 e. The average molecular weight is 167 g/mol. The summed E-state index contributed by atoms with van der Waals surface area (Å²) in [6, 6.07) is 0.795. The molecule has 0 radical (unpaired) electrons. The molecule has 0 amide bonds. The summed E-state index contributed by atoms with van der Waals surface area (Å²) >= 11 is 0. The predicted molar refractivity (Wildman–Crippen MR) is 46.7 cm³/mol. The van der Waals surface area contributed by atoms with Crippen molar-refractivity contribution in [3.63, 3.8) is 0 Å². The number of aliphatic hydroxyl groups is 1. The van der Waals surface area contributed by atoms with E-state index in [1.165, 1.54) is 19.3 Å². The molecule has 0 spiro atoms. The van der Waals surface area contributed by atoms with Crippen LogP contribution in [0.3, 0.4) is 0 Å². The van der Waals surface area contributed by atoms with E-state index in [0.29, 0.717) is 6.61 Å². The van der Waals surface area contributed by atoms with Crippen molar-refractivity contribution in [3.8, 4) is 0 Å². The molecule has 0 aromatic heterocycles. The molecule has 2 heteroatoms. The van der Waals surface area contributed by atoms with Crippen molar-refractivity contribution in [2.75, 3.05) is 13.2 Å². The molecule has 68 valence electrons. The number of hydrogen-bond acceptors (Lipinski definition) is 2. The van der Waals surface area contributed by atoms with Crippen LogP contribution in [-0.2, 0) is 0 Å². The Morgan fingerprint density at radius 2 is 1.83 bits per heavy atom. The predicted octanol–water partition coefficient (Wildman–Crippen LogP) is 0.613. The summed E-state index contributed by atoms with van der Waals surface area (Å²) in [5.74, 6) is 4.12. The monoisotopic (exact) mass is 167 g/mol. The molecule has 0 aliphatic heterocycles. The van der Waals surface area contributed by atoms with Gasteiger partial charge in [-0.2, -0.15) is 0 Å². The number of rotatable bonds is 3. The van der Waals surface area contributed by atoms with Crippen LogP contribution in [0.2, 0.25) is 0 Å². The van der Waals surface area contributed by atoms with Crippen molar-refractivity contribution in [2.45, 2.75) is 25.3 Å². The standard InChI is InChI=1S/C10H17NO/c12-4-3-11-10-8-6-1-2-7(5-6)9(8)10/h6-12H,1-5H2. The van der Waals surface area contributed by atoms with E-state index in [1.54, 1.807) is 0 Å². The van der Waals surface area contributed by atoms with Crippen molar-refractivity contribution in [3.05, 3.63) is 0 Å². The summed E-state index contributed by atoms with van der Waals surface area (Å²) in [5.41, 5.74) is 0. The number of nitrogens with one attached hydrogen (secondary N) is 1. The fourth-order valence-electron chi connectivity index (χ4n) is 3.83. The minimum absolute atomic E-state index is 0.297. The first-order valence-electron chi connectivity index (χ1n) is 5.26. The second-order valence-corrected chi connectivity index (χ2v) is 4.69. The van der Waals surface area contributed by atoms with Gasteiger partial charge in [0.25, 0.3) is 0 Å². The Hall–Kier alpha value is -0.0800. The molecule has 12 heavy (non-hydrogen) atoms. The van der Waals surface area contributed by atoms with Crippen LogP contribution in [0, 0.1) is 23.7 Å². The molecule has 4 unspecified atom stereocenters. The van der Waals surface area contributed by atoms with E-state index in [2.05, 4.69) is 5.32 Å². The van der Waals surface area contributed by atoms with E-state index >= 15 is 0 Å². The van der Waals surface area contributed by atoms with E-state index in [1.807, 2.05) is 0 Å². The molecule has 3 rings (SSSR count). The lowest BCUT2D eigenvalue weighted by atomic mass is 10.0. The second kappa shape index (κ2) is 2.46. The van der Waals surface area contributed by atoms with Crippen molar-refractivity contribution >= 4 is 0 Å². The smallest absolute Gasteiger partial charge is 0.0556 e. The van der Waals surface area contributed by atoms with Gasteiger partial charge in [0.1, 0.15) is 0 Å². The Kier molecular flexibility index (Phi) is 1.50. The van der Waals surface area contributed by atoms with E-state index in [4.69, 9.17) is 5.11 Å². The van der Waals surface area contributed by atoms with Gasteiger partial charge in [-0.05, 0) is 42.9 Å². The number of hydrogen-bond donors (Lipinski definition) is 2. The maximum absolute atomic E-state index is 8.69. The molecule has 3 aliphatic rings. The summed E-state index contributed by atoms with van der Waals surface area (Å²) < 4.78 is 0. The first-order valence-corrected chi connectivity index (χ1v) is 5.26. The Balaban J connectivity index is 1.60. The maximum atomic E-state index is 8.69. The molecule has 3 aliphatic carbocycles. The van der Waals surface area contributed by atoms with Gasteiger partial charge in [0.15, 0.2) is 0 Å². The average Bonchev–Trinajstić information content (AvgIpc) is 2.52. The zero-order valence-corrected chi connectivity index (χ0v) is 7.37. The van der Waals surface area contributed by atoms with E-state index < -0.39 is 0 Å². The van der Waals surface area contributed by atoms with E-state index in [0.717, 1.165) is 36.3 Å². The third-order valence-corrected chi connectivity index (χ3v) is 4.23. The van der Waals surface area contributed by atoms with Crippen LogP contribution in [-0.4, -0.2) is 24.3 Å². The molecule has 4 atom stereocenters. The molecule has 0 aromatic rings. The topological polar surface area (TPSA) is 32.3 Å². The Morgan fingerprint density at radius 3 is 2.42 bits per heavy atom. The van der Waals surface area contributed by atoms with Gasteiger partial charge in [-0.1, -0.05) is 0 Å². The summed E-state index contributed by atoms with van der Waals surface area (Å²) in [7, 11) is 0. The van der Waals surface area contributed by atoms with Crippen molar-refractivity contribution in [1.82, 2.24) is 5.32 Å². The highest BCUT2D eigenvalue weighted by atomic mass is 16.3. The summed E-state index contributed by atoms with van der Waals surface area (Å²) in [6.45, 7) is 1.10. The Morgan fingerprint density at radius 1 is 1.17 bits per heavy atom. The first kappa shape index (κ1) is 7.34. The first-order chi connectivity index (χ1) is 5.92. The normalized spacial score (nSPS) is 54.2. The van der Waals surface area contributed by atoms with Gasteiger partial charge in [-0.15, -0.1) is 0 Å². The molecular formula is C10H17NO. The number of aliphatic hydroxyl groups excluding tert-OH is 1. The van der Waals surface area contributed by atoms with E-state index in [-0.39, 0.29) is 0 Å². The zero-order valence-electron chi connectivity index (χ0n) is 7.37. The van der Waals surface area contributed by atoms with Crippen LogP contribution in [0.15, 0.2) is 0 Å². The quantitative estimate of drug-likeness (QED) is 0.645. The second-order valence-electron chi connectivity index (χ2n) is 4.69. The van der Waals surface area contributed by atoms with Crippen LogP contribution < -0.4 is 5.32 Å². The lowest BCUT2D eigenvalue weighted by Gasteiger charge is -2.08. The SMILES string of the molecule is OCCNC1C2C3CCC(C3)C12. The maximum Gasteiger partial charge on any atom is 0.0556 e. The molecule has 3 fully saturated rings.